The minimum absolute atomic E-state index is 0.0671. The van der Waals surface area contributed by atoms with E-state index < -0.39 is 5.97 Å². The van der Waals surface area contributed by atoms with Gasteiger partial charge < -0.3 is 20.2 Å². The number of aromatic carboxylic acids is 1. The first-order valence-electron chi connectivity index (χ1n) is 10.5. The molecule has 2 aliphatic carbocycles. The van der Waals surface area contributed by atoms with E-state index in [0.717, 1.165) is 12.0 Å². The van der Waals surface area contributed by atoms with Gasteiger partial charge in [0.25, 0.3) is 0 Å². The summed E-state index contributed by atoms with van der Waals surface area (Å²) in [5, 5.41) is 27.2. The van der Waals surface area contributed by atoms with Gasteiger partial charge in [0.2, 0.25) is 0 Å². The van der Waals surface area contributed by atoms with Crippen molar-refractivity contribution in [1.82, 2.24) is 4.90 Å². The predicted molar refractivity (Wildman–Crippen MR) is 112 cm³/mol. The Balaban J connectivity index is 0.000000174. The lowest BCUT2D eigenvalue weighted by atomic mass is 9.52. The van der Waals surface area contributed by atoms with Crippen LogP contribution in [0.3, 0.4) is 0 Å². The van der Waals surface area contributed by atoms with Crippen LogP contribution in [-0.2, 0) is 11.8 Å². The fourth-order valence-electron chi connectivity index (χ4n) is 5.84. The number of phenols is 2. The van der Waals surface area contributed by atoms with Gasteiger partial charge in [0.15, 0.2) is 0 Å². The van der Waals surface area contributed by atoms with E-state index in [1.165, 1.54) is 68.3 Å². The van der Waals surface area contributed by atoms with E-state index in [-0.39, 0.29) is 11.3 Å². The van der Waals surface area contributed by atoms with Gasteiger partial charge in [0.1, 0.15) is 17.1 Å². The smallest absolute Gasteiger partial charge is 0.339 e. The van der Waals surface area contributed by atoms with Crippen LogP contribution in [0, 0.1) is 5.92 Å². The fraction of sp³-hybridized carbons (Fsp3) is 0.458. The Hall–Kier alpha value is -2.53. The Morgan fingerprint density at radius 1 is 1.10 bits per heavy atom. The number of fused-ring (bicyclic) bond motifs is 1. The normalized spacial score (nSPS) is 27.8. The van der Waals surface area contributed by atoms with E-state index in [2.05, 4.69) is 24.1 Å². The third-order valence-corrected chi connectivity index (χ3v) is 7.23. The maximum absolute atomic E-state index is 10.3. The lowest BCUT2D eigenvalue weighted by Gasteiger charge is -2.58. The minimum atomic E-state index is -1.11. The Kier molecular flexibility index (Phi) is 5.26. The molecule has 5 rings (SSSR count). The number of carbonyl (C=O) groups is 1. The molecule has 0 spiro atoms. The first-order valence-corrected chi connectivity index (χ1v) is 10.5. The number of nitrogens with zero attached hydrogens (tertiary/aromatic N) is 1. The van der Waals surface area contributed by atoms with Crippen LogP contribution in [0.15, 0.2) is 42.5 Å². The highest BCUT2D eigenvalue weighted by atomic mass is 16.4. The summed E-state index contributed by atoms with van der Waals surface area (Å²) < 4.78 is 0. The van der Waals surface area contributed by atoms with E-state index >= 15 is 0 Å². The Morgan fingerprint density at radius 3 is 2.62 bits per heavy atom. The van der Waals surface area contributed by atoms with Gasteiger partial charge in [-0.1, -0.05) is 31.0 Å². The zero-order valence-electron chi connectivity index (χ0n) is 16.8. The third kappa shape index (κ3) is 3.48. The molecule has 5 heteroatoms. The molecule has 2 aromatic carbocycles. The van der Waals surface area contributed by atoms with Crippen LogP contribution in [0.25, 0.3) is 0 Å². The molecule has 5 nitrogen and oxygen atoms in total. The molecule has 2 aromatic rings. The van der Waals surface area contributed by atoms with E-state index in [0.29, 0.717) is 11.2 Å². The maximum Gasteiger partial charge on any atom is 0.339 e. The van der Waals surface area contributed by atoms with Crippen molar-refractivity contribution in [2.24, 2.45) is 5.92 Å². The van der Waals surface area contributed by atoms with Crippen LogP contribution in [0.2, 0.25) is 0 Å². The molecule has 3 N–H and O–H groups in total. The van der Waals surface area contributed by atoms with Gasteiger partial charge in [0.05, 0.1) is 0 Å². The number of hydrogen-bond acceptors (Lipinski definition) is 4. The number of benzene rings is 2. The number of aromatic hydroxyl groups is 2. The standard InChI is InChI=1S/C17H23NO.C7H6O3/c1-18-9-8-17-7-3-2-4-14(17)16(18)10-12-5-6-13(19)11-15(12)17;8-6-4-2-1-3-5(6)7(9)10/h5-6,11,14,16,19H,2-4,7-10H2,1H3;1-4,8H,(H,9,10)/t14-,16+,17+;/m0./s1. The van der Waals surface area contributed by atoms with Crippen molar-refractivity contribution < 1.29 is 20.1 Å². The zero-order valence-corrected chi connectivity index (χ0v) is 16.8. The quantitative estimate of drug-likeness (QED) is 0.675. The Bertz CT molecular complexity index is 912. The average Bonchev–Trinajstić information content (AvgIpc) is 2.72. The average molecular weight is 395 g/mol. The highest BCUT2D eigenvalue weighted by Crippen LogP contribution is 2.55. The van der Waals surface area contributed by atoms with Crippen LogP contribution in [0.5, 0.6) is 11.5 Å². The Labute approximate surface area is 171 Å². The van der Waals surface area contributed by atoms with Crippen LogP contribution in [-0.4, -0.2) is 45.8 Å². The molecule has 1 saturated heterocycles. The van der Waals surface area contributed by atoms with Gasteiger partial charge in [0, 0.05) is 11.5 Å². The van der Waals surface area contributed by atoms with Crippen molar-refractivity contribution in [1.29, 1.82) is 0 Å². The number of hydrogen-bond donors (Lipinski definition) is 3. The molecule has 3 aliphatic rings. The van der Waals surface area contributed by atoms with Crippen molar-refractivity contribution in [3.63, 3.8) is 0 Å². The van der Waals surface area contributed by atoms with Gasteiger partial charge >= 0.3 is 5.97 Å². The zero-order chi connectivity index (χ0) is 20.6. The molecule has 3 atom stereocenters. The van der Waals surface area contributed by atoms with Gasteiger partial charge in [-0.15, -0.1) is 0 Å². The van der Waals surface area contributed by atoms with Crippen molar-refractivity contribution >= 4 is 5.97 Å². The number of likely N-dealkylation sites (N-methyl/N-ethyl adjacent to an activating group) is 1. The first-order chi connectivity index (χ1) is 13.9. The molecule has 1 heterocycles. The highest BCUT2D eigenvalue weighted by molar-refractivity contribution is 5.90. The van der Waals surface area contributed by atoms with Crippen LogP contribution < -0.4 is 0 Å². The third-order valence-electron chi connectivity index (χ3n) is 7.23. The fourth-order valence-corrected chi connectivity index (χ4v) is 5.84. The number of piperidine rings is 1. The number of rotatable bonds is 1. The molecule has 2 bridgehead atoms. The molecular weight excluding hydrogens is 366 g/mol. The summed E-state index contributed by atoms with van der Waals surface area (Å²) in [5.74, 6) is -0.0442. The first kappa shape index (κ1) is 19.8. The van der Waals surface area contributed by atoms with Crippen LogP contribution >= 0.6 is 0 Å². The van der Waals surface area contributed by atoms with E-state index in [1.807, 2.05) is 6.07 Å². The topological polar surface area (TPSA) is 81.0 Å². The molecule has 29 heavy (non-hydrogen) atoms. The van der Waals surface area contributed by atoms with Crippen molar-refractivity contribution in [3.8, 4) is 11.5 Å². The maximum atomic E-state index is 10.3. The second kappa shape index (κ2) is 7.71. The van der Waals surface area contributed by atoms with Crippen molar-refractivity contribution in [2.45, 2.75) is 50.0 Å². The number of para-hydroxylation sites is 1. The molecule has 0 radical (unpaired) electrons. The van der Waals surface area contributed by atoms with Gasteiger partial charge in [-0.2, -0.15) is 0 Å². The highest BCUT2D eigenvalue weighted by Gasteiger charge is 2.52. The molecule has 2 fully saturated rings. The largest absolute Gasteiger partial charge is 0.508 e. The molecule has 0 aromatic heterocycles. The molecule has 1 saturated carbocycles. The lowest BCUT2D eigenvalue weighted by molar-refractivity contribution is 0.00274. The molecule has 1 aliphatic heterocycles. The molecule has 154 valence electrons. The van der Waals surface area contributed by atoms with E-state index in [1.54, 1.807) is 12.1 Å². The number of phenolic OH excluding ortho intramolecular Hbond substituents is 1. The molecule has 0 amide bonds. The number of carboxylic acid groups (broad SMARTS) is 1. The minimum Gasteiger partial charge on any atom is -0.508 e. The second-order valence-electron chi connectivity index (χ2n) is 8.67. The summed E-state index contributed by atoms with van der Waals surface area (Å²) in [7, 11) is 2.30. The number of carboxylic acids is 1. The summed E-state index contributed by atoms with van der Waals surface area (Å²) >= 11 is 0. The lowest BCUT2D eigenvalue weighted by Crippen LogP contribution is -2.59. The number of likely N-dealkylation sites (tertiary alicyclic amines) is 1. The van der Waals surface area contributed by atoms with Gasteiger partial charge in [-0.05, 0) is 80.6 Å². The monoisotopic (exact) mass is 395 g/mol. The van der Waals surface area contributed by atoms with Crippen LogP contribution in [0.1, 0.15) is 53.6 Å². The van der Waals surface area contributed by atoms with E-state index in [4.69, 9.17) is 10.2 Å². The summed E-state index contributed by atoms with van der Waals surface area (Å²) in [6, 6.07) is 12.7. The SMILES string of the molecule is CN1CC[C@]23CCCC[C@H]2[C@H]1Cc1ccc(O)cc13.O=C(O)c1ccccc1O. The van der Waals surface area contributed by atoms with Crippen molar-refractivity contribution in [3.05, 3.63) is 59.2 Å². The summed E-state index contributed by atoms with van der Waals surface area (Å²) in [6.45, 7) is 1.22. The van der Waals surface area contributed by atoms with Crippen LogP contribution in [0.4, 0.5) is 0 Å². The molecule has 0 unspecified atom stereocenters. The summed E-state index contributed by atoms with van der Waals surface area (Å²) in [6.07, 6.45) is 7.93. The predicted octanol–water partition coefficient (Wildman–Crippen LogP) is 4.17. The second-order valence-corrected chi connectivity index (χ2v) is 8.67. The summed E-state index contributed by atoms with van der Waals surface area (Å²) in [5.41, 5.74) is 3.29. The van der Waals surface area contributed by atoms with Gasteiger partial charge in [-0.3, -0.25) is 0 Å². The van der Waals surface area contributed by atoms with Crippen molar-refractivity contribution in [2.75, 3.05) is 13.6 Å². The summed E-state index contributed by atoms with van der Waals surface area (Å²) in [4.78, 5) is 12.8. The van der Waals surface area contributed by atoms with Gasteiger partial charge in [-0.25, -0.2) is 4.79 Å². The Morgan fingerprint density at radius 2 is 1.90 bits per heavy atom. The molecular formula is C24H29NO4. The van der Waals surface area contributed by atoms with E-state index in [9.17, 15) is 9.90 Å².